The summed E-state index contributed by atoms with van der Waals surface area (Å²) >= 11 is 0. The van der Waals surface area contributed by atoms with Gasteiger partial charge in [-0.15, -0.1) is 0 Å². The Kier molecular flexibility index (Phi) is 4.33. The van der Waals surface area contributed by atoms with Crippen molar-refractivity contribution in [2.45, 2.75) is 53.1 Å². The number of aromatic nitrogens is 2. The predicted octanol–water partition coefficient (Wildman–Crippen LogP) is 2.45. The van der Waals surface area contributed by atoms with Gasteiger partial charge in [0.15, 0.2) is 0 Å². The second kappa shape index (κ2) is 5.31. The molecule has 0 radical (unpaired) electrons. The summed E-state index contributed by atoms with van der Waals surface area (Å²) in [6, 6.07) is 3.15. The first-order valence-electron chi connectivity index (χ1n) is 5.80. The lowest BCUT2D eigenvalue weighted by Gasteiger charge is -2.19. The van der Waals surface area contributed by atoms with E-state index >= 15 is 0 Å². The number of nitrogens with one attached hydrogen (secondary N) is 1. The molecule has 0 saturated carbocycles. The Morgan fingerprint density at radius 3 is 2.53 bits per heavy atom. The molecule has 1 aromatic rings. The van der Waals surface area contributed by atoms with E-state index in [9.17, 15) is 0 Å². The summed E-state index contributed by atoms with van der Waals surface area (Å²) < 4.78 is 2.13. The molecule has 0 aliphatic carbocycles. The first-order valence-corrected chi connectivity index (χ1v) is 5.80. The lowest BCUT2D eigenvalue weighted by atomic mass is 10.1. The van der Waals surface area contributed by atoms with Gasteiger partial charge in [0, 0.05) is 11.7 Å². The standard InChI is InChI=1S/C12H23N3/c1-6-13-9(2)7-11(4)15-12(5)8-10(3)14-15/h8-9,11,13H,6-7H2,1-5H3. The largest absolute Gasteiger partial charge is 0.314 e. The van der Waals surface area contributed by atoms with Crippen LogP contribution in [0.4, 0.5) is 0 Å². The normalized spacial score (nSPS) is 15.3. The average Bonchev–Trinajstić information content (AvgIpc) is 2.45. The zero-order valence-corrected chi connectivity index (χ0v) is 10.5. The highest BCUT2D eigenvalue weighted by atomic mass is 15.3. The molecule has 0 saturated heterocycles. The highest BCUT2D eigenvalue weighted by Crippen LogP contribution is 2.15. The summed E-state index contributed by atoms with van der Waals surface area (Å²) in [5.41, 5.74) is 2.36. The van der Waals surface area contributed by atoms with E-state index in [1.54, 1.807) is 0 Å². The quantitative estimate of drug-likeness (QED) is 0.807. The smallest absolute Gasteiger partial charge is 0.0596 e. The van der Waals surface area contributed by atoms with Crippen LogP contribution >= 0.6 is 0 Å². The molecule has 1 N–H and O–H groups in total. The van der Waals surface area contributed by atoms with Crippen LogP contribution in [0.5, 0.6) is 0 Å². The van der Waals surface area contributed by atoms with Crippen LogP contribution in [0.2, 0.25) is 0 Å². The Bertz CT molecular complexity index is 304. The highest BCUT2D eigenvalue weighted by Gasteiger charge is 2.12. The first-order chi connectivity index (χ1) is 7.04. The molecule has 1 heterocycles. The molecule has 2 atom stereocenters. The van der Waals surface area contributed by atoms with E-state index in [0.29, 0.717) is 12.1 Å². The topological polar surface area (TPSA) is 29.9 Å². The van der Waals surface area contributed by atoms with Crippen LogP contribution in [-0.2, 0) is 0 Å². The molecule has 1 rings (SSSR count). The van der Waals surface area contributed by atoms with E-state index in [4.69, 9.17) is 0 Å². The summed E-state index contributed by atoms with van der Waals surface area (Å²) in [7, 11) is 0. The number of nitrogens with zero attached hydrogens (tertiary/aromatic N) is 2. The molecule has 0 bridgehead atoms. The van der Waals surface area contributed by atoms with Gasteiger partial charge in [-0.2, -0.15) is 5.10 Å². The van der Waals surface area contributed by atoms with E-state index in [1.807, 2.05) is 6.92 Å². The number of hydrogen-bond acceptors (Lipinski definition) is 2. The van der Waals surface area contributed by atoms with Gasteiger partial charge in [-0.1, -0.05) is 6.92 Å². The third kappa shape index (κ3) is 3.34. The predicted molar refractivity (Wildman–Crippen MR) is 64.2 cm³/mol. The maximum absolute atomic E-state index is 4.51. The molecule has 15 heavy (non-hydrogen) atoms. The van der Waals surface area contributed by atoms with E-state index in [2.05, 4.69) is 48.9 Å². The first kappa shape index (κ1) is 12.2. The molecule has 0 aromatic carbocycles. The maximum Gasteiger partial charge on any atom is 0.0596 e. The van der Waals surface area contributed by atoms with Gasteiger partial charge in [0.1, 0.15) is 0 Å². The van der Waals surface area contributed by atoms with Gasteiger partial charge in [0.05, 0.1) is 11.7 Å². The van der Waals surface area contributed by atoms with Crippen LogP contribution in [0, 0.1) is 13.8 Å². The Morgan fingerprint density at radius 2 is 2.07 bits per heavy atom. The molecule has 3 heteroatoms. The minimum absolute atomic E-state index is 0.466. The lowest BCUT2D eigenvalue weighted by Crippen LogP contribution is -2.28. The average molecular weight is 209 g/mol. The van der Waals surface area contributed by atoms with E-state index in [-0.39, 0.29) is 0 Å². The van der Waals surface area contributed by atoms with Crippen LogP contribution < -0.4 is 5.32 Å². The van der Waals surface area contributed by atoms with Crippen molar-refractivity contribution in [2.75, 3.05) is 6.54 Å². The maximum atomic E-state index is 4.51. The molecular weight excluding hydrogens is 186 g/mol. The van der Waals surface area contributed by atoms with Crippen molar-refractivity contribution in [1.29, 1.82) is 0 Å². The molecule has 1 aromatic heterocycles. The Balaban J connectivity index is 2.60. The summed E-state index contributed by atoms with van der Waals surface area (Å²) in [4.78, 5) is 0. The second-order valence-corrected chi connectivity index (χ2v) is 4.42. The number of rotatable bonds is 5. The molecule has 0 aliphatic heterocycles. The zero-order valence-electron chi connectivity index (χ0n) is 10.5. The highest BCUT2D eigenvalue weighted by molar-refractivity contribution is 5.07. The molecule has 0 fully saturated rings. The van der Waals surface area contributed by atoms with Gasteiger partial charge < -0.3 is 5.32 Å². The number of aryl methyl sites for hydroxylation is 2. The molecule has 0 amide bonds. The van der Waals surface area contributed by atoms with Crippen LogP contribution in [0.3, 0.4) is 0 Å². The number of hydrogen-bond donors (Lipinski definition) is 1. The summed E-state index contributed by atoms with van der Waals surface area (Å²) in [6.07, 6.45) is 1.12. The molecule has 0 spiro atoms. The monoisotopic (exact) mass is 209 g/mol. The van der Waals surface area contributed by atoms with Crippen LogP contribution in [0.1, 0.15) is 44.6 Å². The molecule has 3 nitrogen and oxygen atoms in total. The van der Waals surface area contributed by atoms with Crippen LogP contribution in [-0.4, -0.2) is 22.4 Å². The lowest BCUT2D eigenvalue weighted by molar-refractivity contribution is 0.387. The van der Waals surface area contributed by atoms with Gasteiger partial charge >= 0.3 is 0 Å². The fraction of sp³-hybridized carbons (Fsp3) is 0.750. The summed E-state index contributed by atoms with van der Waals surface area (Å²) in [5.74, 6) is 0. The van der Waals surface area contributed by atoms with Crippen LogP contribution in [0.15, 0.2) is 6.07 Å². The van der Waals surface area contributed by atoms with Gasteiger partial charge in [0.25, 0.3) is 0 Å². The zero-order chi connectivity index (χ0) is 11.4. The van der Waals surface area contributed by atoms with Crippen molar-refractivity contribution in [2.24, 2.45) is 0 Å². The van der Waals surface area contributed by atoms with Crippen molar-refractivity contribution in [1.82, 2.24) is 15.1 Å². The summed E-state index contributed by atoms with van der Waals surface area (Å²) in [5, 5.41) is 7.94. The summed E-state index contributed by atoms with van der Waals surface area (Å²) in [6.45, 7) is 11.8. The van der Waals surface area contributed by atoms with Gasteiger partial charge in [-0.05, 0) is 46.7 Å². The Morgan fingerprint density at radius 1 is 1.40 bits per heavy atom. The minimum atomic E-state index is 0.466. The fourth-order valence-corrected chi connectivity index (χ4v) is 2.14. The van der Waals surface area contributed by atoms with Gasteiger partial charge in [-0.25, -0.2) is 0 Å². The molecule has 0 aliphatic rings. The van der Waals surface area contributed by atoms with Crippen LogP contribution in [0.25, 0.3) is 0 Å². The SMILES string of the molecule is CCNC(C)CC(C)n1nc(C)cc1C. The fourth-order valence-electron chi connectivity index (χ4n) is 2.14. The molecule has 2 unspecified atom stereocenters. The molecule has 86 valence electrons. The van der Waals surface area contributed by atoms with E-state index < -0.39 is 0 Å². The van der Waals surface area contributed by atoms with Crippen molar-refractivity contribution < 1.29 is 0 Å². The van der Waals surface area contributed by atoms with Crippen molar-refractivity contribution in [3.05, 3.63) is 17.5 Å². The molecular formula is C12H23N3. The Labute approximate surface area is 92.9 Å². The van der Waals surface area contributed by atoms with E-state index in [0.717, 1.165) is 18.7 Å². The van der Waals surface area contributed by atoms with Gasteiger partial charge in [0.2, 0.25) is 0 Å². The van der Waals surface area contributed by atoms with Gasteiger partial charge in [-0.3, -0.25) is 4.68 Å². The van der Waals surface area contributed by atoms with E-state index in [1.165, 1.54) is 5.69 Å². The third-order valence-electron chi connectivity index (χ3n) is 2.71. The second-order valence-electron chi connectivity index (χ2n) is 4.42. The van der Waals surface area contributed by atoms with Crippen molar-refractivity contribution >= 4 is 0 Å². The van der Waals surface area contributed by atoms with Crippen molar-refractivity contribution in [3.63, 3.8) is 0 Å². The van der Waals surface area contributed by atoms with Crippen molar-refractivity contribution in [3.8, 4) is 0 Å². The third-order valence-corrected chi connectivity index (χ3v) is 2.71. The Hall–Kier alpha value is -0.830. The minimum Gasteiger partial charge on any atom is -0.314 e.